The molecule has 2 aromatic carbocycles. The molecule has 1 heterocycles. The lowest BCUT2D eigenvalue weighted by molar-refractivity contribution is -0.144. The highest BCUT2D eigenvalue weighted by Gasteiger charge is 2.35. The summed E-state index contributed by atoms with van der Waals surface area (Å²) in [6.45, 7) is 1.63. The van der Waals surface area contributed by atoms with Gasteiger partial charge in [-0.15, -0.1) is 0 Å². The molecule has 0 aromatic heterocycles. The molecule has 0 bridgehead atoms. The number of hydrogen-bond acceptors (Lipinski definition) is 6. The number of carbonyl (C=O) groups excluding carboxylic acids is 2. The van der Waals surface area contributed by atoms with E-state index in [1.807, 2.05) is 30.3 Å². The van der Waals surface area contributed by atoms with Crippen LogP contribution in [0.25, 0.3) is 6.08 Å². The molecule has 150 valence electrons. The Hall–Kier alpha value is -3.26. The van der Waals surface area contributed by atoms with E-state index in [2.05, 4.69) is 0 Å². The maximum atomic E-state index is 12.7. The average molecular weight is 413 g/mol. The van der Waals surface area contributed by atoms with Crippen molar-refractivity contribution in [2.45, 2.75) is 19.6 Å². The molecule has 0 radical (unpaired) electrons. The van der Waals surface area contributed by atoms with E-state index < -0.39 is 12.1 Å². The van der Waals surface area contributed by atoms with Gasteiger partial charge in [-0.3, -0.25) is 14.5 Å². The topological polar surface area (TPSA) is 93.1 Å². The molecule has 1 saturated heterocycles. The number of carbonyl (C=O) groups is 3. The normalized spacial score (nSPS) is 16.2. The molecule has 3 rings (SSSR count). The minimum atomic E-state index is -1.09. The fourth-order valence-corrected chi connectivity index (χ4v) is 3.50. The van der Waals surface area contributed by atoms with Crippen molar-refractivity contribution in [1.29, 1.82) is 0 Å². The van der Waals surface area contributed by atoms with E-state index >= 15 is 0 Å². The summed E-state index contributed by atoms with van der Waals surface area (Å²) in [5, 5.41) is 8.66. The first kappa shape index (κ1) is 20.5. The monoisotopic (exact) mass is 413 g/mol. The van der Waals surface area contributed by atoms with Crippen LogP contribution in [0.1, 0.15) is 18.1 Å². The number of carboxylic acids is 1. The van der Waals surface area contributed by atoms with Gasteiger partial charge in [-0.1, -0.05) is 36.4 Å². The molecular formula is C21H19NO6S. The predicted octanol–water partition coefficient (Wildman–Crippen LogP) is 3.78. The summed E-state index contributed by atoms with van der Waals surface area (Å²) in [6.07, 6.45) is 0.562. The second-order valence-electron chi connectivity index (χ2n) is 6.26. The Balaban J connectivity index is 1.80. The molecular weight excluding hydrogens is 394 g/mol. The van der Waals surface area contributed by atoms with Crippen LogP contribution in [-0.2, 0) is 16.1 Å². The largest absolute Gasteiger partial charge is 0.493 e. The van der Waals surface area contributed by atoms with E-state index in [0.29, 0.717) is 16.2 Å². The Morgan fingerprint density at radius 1 is 1.17 bits per heavy atom. The zero-order valence-electron chi connectivity index (χ0n) is 15.8. The number of carboxylic acid groups (broad SMARTS) is 1. The summed E-state index contributed by atoms with van der Waals surface area (Å²) >= 11 is 0.877. The van der Waals surface area contributed by atoms with Gasteiger partial charge in [0.05, 0.1) is 18.6 Å². The third kappa shape index (κ3) is 4.78. The van der Waals surface area contributed by atoms with Crippen molar-refractivity contribution < 1.29 is 29.0 Å². The lowest BCUT2D eigenvalue weighted by Gasteiger charge is -2.14. The molecule has 29 heavy (non-hydrogen) atoms. The molecule has 0 spiro atoms. The standard InChI is InChI=1S/C21H19NO6S/c1-13(20(24)25)28-16-9-8-15(10-17(16)27-2)11-18-19(23)22(21(26)29-18)12-14-6-4-3-5-7-14/h3-11,13H,12H2,1-2H3,(H,24,25)/b18-11+/t13-/m0/s1. The highest BCUT2D eigenvalue weighted by molar-refractivity contribution is 8.18. The molecule has 8 heteroatoms. The molecule has 1 aliphatic rings. The maximum absolute atomic E-state index is 12.7. The summed E-state index contributed by atoms with van der Waals surface area (Å²) in [7, 11) is 1.44. The van der Waals surface area contributed by atoms with Crippen molar-refractivity contribution in [2.75, 3.05) is 7.11 Å². The number of methoxy groups -OCH3 is 1. The Kier molecular flexibility index (Phi) is 6.23. The Bertz CT molecular complexity index is 972. The summed E-state index contributed by atoms with van der Waals surface area (Å²) in [5.41, 5.74) is 1.49. The van der Waals surface area contributed by atoms with E-state index in [1.54, 1.807) is 24.3 Å². The van der Waals surface area contributed by atoms with Gasteiger partial charge in [0.2, 0.25) is 0 Å². The van der Waals surface area contributed by atoms with Crippen LogP contribution in [0.2, 0.25) is 0 Å². The first-order chi connectivity index (χ1) is 13.9. The number of ether oxygens (including phenoxy) is 2. The minimum absolute atomic E-state index is 0.214. The Labute approximate surface area is 171 Å². The van der Waals surface area contributed by atoms with Crippen molar-refractivity contribution >= 4 is 35.0 Å². The van der Waals surface area contributed by atoms with E-state index in [1.165, 1.54) is 18.9 Å². The second-order valence-corrected chi connectivity index (χ2v) is 7.26. The van der Waals surface area contributed by atoms with E-state index in [9.17, 15) is 14.4 Å². The molecule has 0 saturated carbocycles. The van der Waals surface area contributed by atoms with Crippen LogP contribution in [0, 0.1) is 0 Å². The third-order valence-corrected chi connectivity index (χ3v) is 5.10. The smallest absolute Gasteiger partial charge is 0.344 e. The summed E-state index contributed by atoms with van der Waals surface area (Å²) in [5.74, 6) is -0.849. The van der Waals surface area contributed by atoms with Gasteiger partial charge in [0.1, 0.15) is 0 Å². The van der Waals surface area contributed by atoms with Crippen LogP contribution in [0.3, 0.4) is 0 Å². The molecule has 2 amide bonds. The molecule has 0 unspecified atom stereocenters. The molecule has 7 nitrogen and oxygen atoms in total. The summed E-state index contributed by atoms with van der Waals surface area (Å²) in [4.78, 5) is 37.4. The van der Waals surface area contributed by atoms with Crippen LogP contribution in [-0.4, -0.2) is 40.3 Å². The summed E-state index contributed by atoms with van der Waals surface area (Å²) < 4.78 is 10.6. The second kappa shape index (κ2) is 8.83. The number of amides is 2. The van der Waals surface area contributed by atoms with E-state index in [0.717, 1.165) is 17.3 Å². The van der Waals surface area contributed by atoms with Crippen molar-refractivity contribution in [3.05, 3.63) is 64.6 Å². The quantitative estimate of drug-likeness (QED) is 0.691. The third-order valence-electron chi connectivity index (χ3n) is 4.19. The van der Waals surface area contributed by atoms with Crippen LogP contribution in [0.5, 0.6) is 11.5 Å². The number of aliphatic carboxylic acids is 1. The first-order valence-electron chi connectivity index (χ1n) is 8.76. The first-order valence-corrected chi connectivity index (χ1v) is 9.57. The van der Waals surface area contributed by atoms with Gasteiger partial charge in [0.25, 0.3) is 11.1 Å². The predicted molar refractivity (Wildman–Crippen MR) is 109 cm³/mol. The van der Waals surface area contributed by atoms with Crippen molar-refractivity contribution in [1.82, 2.24) is 4.90 Å². The van der Waals surface area contributed by atoms with Crippen LogP contribution in [0.15, 0.2) is 53.4 Å². The number of thioether (sulfide) groups is 1. The number of benzene rings is 2. The fourth-order valence-electron chi connectivity index (χ4n) is 2.67. The summed E-state index contributed by atoms with van der Waals surface area (Å²) in [6, 6.07) is 14.1. The van der Waals surface area contributed by atoms with Gasteiger partial charge >= 0.3 is 5.97 Å². The van der Waals surface area contributed by atoms with E-state index in [4.69, 9.17) is 14.6 Å². The van der Waals surface area contributed by atoms with Crippen LogP contribution in [0.4, 0.5) is 4.79 Å². The Morgan fingerprint density at radius 3 is 2.55 bits per heavy atom. The molecule has 1 N–H and O–H groups in total. The van der Waals surface area contributed by atoms with Gasteiger partial charge in [-0.2, -0.15) is 0 Å². The van der Waals surface area contributed by atoms with Gasteiger partial charge in [0, 0.05) is 0 Å². The maximum Gasteiger partial charge on any atom is 0.344 e. The van der Waals surface area contributed by atoms with Gasteiger partial charge in [-0.25, -0.2) is 4.79 Å². The highest BCUT2D eigenvalue weighted by Crippen LogP contribution is 2.35. The van der Waals surface area contributed by atoms with Gasteiger partial charge in [-0.05, 0) is 48.0 Å². The zero-order valence-corrected chi connectivity index (χ0v) is 16.6. The van der Waals surface area contributed by atoms with Crippen LogP contribution < -0.4 is 9.47 Å². The molecule has 1 atom stereocenters. The number of rotatable bonds is 7. The number of nitrogens with zero attached hydrogens (tertiary/aromatic N) is 1. The van der Waals surface area contributed by atoms with E-state index in [-0.39, 0.29) is 23.4 Å². The van der Waals surface area contributed by atoms with Crippen molar-refractivity contribution in [3.63, 3.8) is 0 Å². The average Bonchev–Trinajstić information content (AvgIpc) is 2.97. The molecule has 2 aromatic rings. The van der Waals surface area contributed by atoms with Crippen molar-refractivity contribution in [3.8, 4) is 11.5 Å². The molecule has 1 aliphatic heterocycles. The highest BCUT2D eigenvalue weighted by atomic mass is 32.2. The zero-order chi connectivity index (χ0) is 21.0. The number of imide groups is 1. The molecule has 1 fully saturated rings. The van der Waals surface area contributed by atoms with Crippen molar-refractivity contribution in [2.24, 2.45) is 0 Å². The SMILES string of the molecule is COc1cc(/C=C2/SC(=O)N(Cc3ccccc3)C2=O)ccc1O[C@@H](C)C(=O)O. The Morgan fingerprint density at radius 2 is 1.90 bits per heavy atom. The minimum Gasteiger partial charge on any atom is -0.493 e. The fraction of sp³-hybridized carbons (Fsp3) is 0.190. The lowest BCUT2D eigenvalue weighted by atomic mass is 10.1. The van der Waals surface area contributed by atoms with Gasteiger partial charge < -0.3 is 14.6 Å². The van der Waals surface area contributed by atoms with Crippen LogP contribution >= 0.6 is 11.8 Å². The lowest BCUT2D eigenvalue weighted by Crippen LogP contribution is -2.27. The number of hydrogen-bond donors (Lipinski definition) is 1. The molecule has 0 aliphatic carbocycles. The van der Waals surface area contributed by atoms with Gasteiger partial charge in [0.15, 0.2) is 17.6 Å².